The molecule has 4 rings (SSSR count). The van der Waals surface area contributed by atoms with Gasteiger partial charge in [0.25, 0.3) is 0 Å². The first kappa shape index (κ1) is 16.0. The topological polar surface area (TPSA) is 32.3 Å². The van der Waals surface area contributed by atoms with Gasteiger partial charge in [-0.2, -0.15) is 0 Å². The minimum absolute atomic E-state index is 0.443. The summed E-state index contributed by atoms with van der Waals surface area (Å²) in [6.45, 7) is 6.59. The molecule has 1 unspecified atom stereocenters. The van der Waals surface area contributed by atoms with Gasteiger partial charge in [-0.3, -0.25) is 14.9 Å². The summed E-state index contributed by atoms with van der Waals surface area (Å²) in [5.41, 5.74) is 4.57. The highest BCUT2D eigenvalue weighted by atomic mass is 15.2. The number of nitrogens with zero attached hydrogens (tertiary/aromatic N) is 4. The Hall–Kier alpha value is -2.46. The zero-order valence-corrected chi connectivity index (χ0v) is 14.7. The van der Waals surface area contributed by atoms with E-state index in [-0.39, 0.29) is 0 Å². The zero-order valence-electron chi connectivity index (χ0n) is 14.7. The van der Waals surface area contributed by atoms with Crippen molar-refractivity contribution in [2.75, 3.05) is 24.5 Å². The van der Waals surface area contributed by atoms with Gasteiger partial charge in [0.2, 0.25) is 0 Å². The maximum atomic E-state index is 4.59. The molecule has 2 aromatic heterocycles. The number of fused-ring (bicyclic) bond motifs is 1. The van der Waals surface area contributed by atoms with Crippen molar-refractivity contribution in [1.82, 2.24) is 14.9 Å². The Morgan fingerprint density at radius 3 is 2.72 bits per heavy atom. The summed E-state index contributed by atoms with van der Waals surface area (Å²) in [4.78, 5) is 14.1. The highest BCUT2D eigenvalue weighted by molar-refractivity contribution is 5.87. The number of aromatic nitrogens is 2. The normalized spacial score (nSPS) is 19.1. The highest BCUT2D eigenvalue weighted by Crippen LogP contribution is 2.27. The third-order valence-corrected chi connectivity index (χ3v) is 4.96. The molecule has 1 fully saturated rings. The monoisotopic (exact) mass is 332 g/mol. The third kappa shape index (κ3) is 3.49. The molecule has 3 aromatic rings. The summed E-state index contributed by atoms with van der Waals surface area (Å²) < 4.78 is 0. The molecule has 0 aliphatic carbocycles. The van der Waals surface area contributed by atoms with E-state index in [1.807, 2.05) is 24.5 Å². The van der Waals surface area contributed by atoms with Crippen LogP contribution in [-0.2, 0) is 6.54 Å². The largest absolute Gasteiger partial charge is 0.366 e. The number of rotatable bonds is 3. The number of hydrogen-bond donors (Lipinski definition) is 0. The van der Waals surface area contributed by atoms with Gasteiger partial charge in [0.1, 0.15) is 5.52 Å². The molecule has 0 amide bonds. The van der Waals surface area contributed by atoms with Gasteiger partial charge in [-0.25, -0.2) is 0 Å². The van der Waals surface area contributed by atoms with E-state index < -0.39 is 0 Å². The van der Waals surface area contributed by atoms with E-state index >= 15 is 0 Å². The quantitative estimate of drug-likeness (QED) is 0.731. The Morgan fingerprint density at radius 1 is 0.960 bits per heavy atom. The number of hydrogen-bond acceptors (Lipinski definition) is 4. The van der Waals surface area contributed by atoms with Gasteiger partial charge < -0.3 is 4.90 Å². The Labute approximate surface area is 149 Å². The van der Waals surface area contributed by atoms with Crippen molar-refractivity contribution >= 4 is 16.7 Å². The molecule has 128 valence electrons. The lowest BCUT2D eigenvalue weighted by Gasteiger charge is -2.31. The standard InChI is InChI=1S/C21H24N4/c1-17-15-24(16-18-7-3-2-4-8-18)13-6-14-25(17)20-10-12-22-19-9-5-11-23-21(19)20/h2-5,7-12,17H,6,13-16H2,1H3. The molecule has 0 bridgehead atoms. The summed E-state index contributed by atoms with van der Waals surface area (Å²) in [6.07, 6.45) is 4.92. The van der Waals surface area contributed by atoms with Crippen LogP contribution in [0.2, 0.25) is 0 Å². The van der Waals surface area contributed by atoms with E-state index in [1.165, 1.54) is 11.3 Å². The van der Waals surface area contributed by atoms with Crippen LogP contribution in [0.4, 0.5) is 5.69 Å². The fraction of sp³-hybridized carbons (Fsp3) is 0.333. The number of anilines is 1. The van der Waals surface area contributed by atoms with Gasteiger partial charge in [-0.05, 0) is 37.1 Å². The van der Waals surface area contributed by atoms with Crippen molar-refractivity contribution in [2.45, 2.75) is 25.9 Å². The molecule has 4 heteroatoms. The van der Waals surface area contributed by atoms with E-state index in [4.69, 9.17) is 0 Å². The Morgan fingerprint density at radius 2 is 1.84 bits per heavy atom. The van der Waals surface area contributed by atoms with E-state index in [2.05, 4.69) is 63.1 Å². The van der Waals surface area contributed by atoms with Gasteiger partial charge in [-0.15, -0.1) is 0 Å². The first-order valence-electron chi connectivity index (χ1n) is 9.04. The number of benzene rings is 1. The second-order valence-corrected chi connectivity index (χ2v) is 6.82. The van der Waals surface area contributed by atoms with Crippen molar-refractivity contribution < 1.29 is 0 Å². The Balaban J connectivity index is 1.56. The van der Waals surface area contributed by atoms with Crippen LogP contribution < -0.4 is 4.90 Å². The lowest BCUT2D eigenvalue weighted by molar-refractivity contribution is 0.268. The Kier molecular flexibility index (Phi) is 4.61. The van der Waals surface area contributed by atoms with Crippen LogP contribution in [0.25, 0.3) is 11.0 Å². The van der Waals surface area contributed by atoms with E-state index in [0.717, 1.165) is 43.6 Å². The van der Waals surface area contributed by atoms with Crippen LogP contribution in [0.15, 0.2) is 60.9 Å². The predicted molar refractivity (Wildman–Crippen MR) is 103 cm³/mol. The minimum atomic E-state index is 0.443. The summed E-state index contributed by atoms with van der Waals surface area (Å²) in [6, 6.07) is 17.3. The molecule has 1 aromatic carbocycles. The van der Waals surface area contributed by atoms with Crippen LogP contribution in [0.1, 0.15) is 18.9 Å². The smallest absolute Gasteiger partial charge is 0.112 e. The van der Waals surface area contributed by atoms with Crippen LogP contribution >= 0.6 is 0 Å². The molecule has 0 spiro atoms. The van der Waals surface area contributed by atoms with Gasteiger partial charge in [-0.1, -0.05) is 30.3 Å². The van der Waals surface area contributed by atoms with Gasteiger partial charge in [0, 0.05) is 44.6 Å². The average molecular weight is 332 g/mol. The second-order valence-electron chi connectivity index (χ2n) is 6.82. The van der Waals surface area contributed by atoms with Gasteiger partial charge in [0.15, 0.2) is 0 Å². The van der Waals surface area contributed by atoms with Crippen molar-refractivity contribution in [2.24, 2.45) is 0 Å². The second kappa shape index (κ2) is 7.19. The zero-order chi connectivity index (χ0) is 17.1. The SMILES string of the molecule is CC1CN(Cc2ccccc2)CCCN1c1ccnc2cccnc12. The first-order valence-corrected chi connectivity index (χ1v) is 9.04. The number of pyridine rings is 2. The van der Waals surface area contributed by atoms with Gasteiger partial charge >= 0.3 is 0 Å². The summed E-state index contributed by atoms with van der Waals surface area (Å²) in [5, 5.41) is 0. The fourth-order valence-corrected chi connectivity index (χ4v) is 3.79. The van der Waals surface area contributed by atoms with E-state index in [9.17, 15) is 0 Å². The molecule has 0 saturated carbocycles. The maximum Gasteiger partial charge on any atom is 0.112 e. The van der Waals surface area contributed by atoms with Gasteiger partial charge in [0.05, 0.1) is 11.2 Å². The highest BCUT2D eigenvalue weighted by Gasteiger charge is 2.23. The molecule has 4 nitrogen and oxygen atoms in total. The van der Waals surface area contributed by atoms with E-state index in [1.54, 1.807) is 0 Å². The van der Waals surface area contributed by atoms with Crippen molar-refractivity contribution in [1.29, 1.82) is 0 Å². The molecule has 1 aliphatic heterocycles. The summed E-state index contributed by atoms with van der Waals surface area (Å²) >= 11 is 0. The lowest BCUT2D eigenvalue weighted by atomic mass is 10.2. The molecule has 1 saturated heterocycles. The molecule has 0 N–H and O–H groups in total. The Bertz CT molecular complexity index is 828. The van der Waals surface area contributed by atoms with Crippen LogP contribution in [0.5, 0.6) is 0 Å². The van der Waals surface area contributed by atoms with Crippen LogP contribution in [0, 0.1) is 0 Å². The summed E-state index contributed by atoms with van der Waals surface area (Å²) in [7, 11) is 0. The van der Waals surface area contributed by atoms with Crippen molar-refractivity contribution in [3.63, 3.8) is 0 Å². The molecule has 0 radical (unpaired) electrons. The third-order valence-electron chi connectivity index (χ3n) is 4.96. The lowest BCUT2D eigenvalue weighted by Crippen LogP contribution is -2.39. The molecule has 1 aliphatic rings. The van der Waals surface area contributed by atoms with E-state index in [0.29, 0.717) is 6.04 Å². The molecule has 1 atom stereocenters. The van der Waals surface area contributed by atoms with Crippen molar-refractivity contribution in [3.8, 4) is 0 Å². The van der Waals surface area contributed by atoms with Crippen molar-refractivity contribution in [3.05, 3.63) is 66.5 Å². The molecule has 25 heavy (non-hydrogen) atoms. The molecular formula is C21H24N4. The minimum Gasteiger partial charge on any atom is -0.366 e. The summed E-state index contributed by atoms with van der Waals surface area (Å²) in [5.74, 6) is 0. The van der Waals surface area contributed by atoms with Crippen LogP contribution in [0.3, 0.4) is 0 Å². The fourth-order valence-electron chi connectivity index (χ4n) is 3.79. The maximum absolute atomic E-state index is 4.59. The molecular weight excluding hydrogens is 308 g/mol. The molecule has 3 heterocycles. The van der Waals surface area contributed by atoms with Crippen LogP contribution in [-0.4, -0.2) is 40.5 Å². The predicted octanol–water partition coefficient (Wildman–Crippen LogP) is 3.73. The first-order chi connectivity index (χ1) is 12.3. The average Bonchev–Trinajstić information content (AvgIpc) is 2.83.